The molecule has 0 saturated carbocycles. The third-order valence-corrected chi connectivity index (χ3v) is 7.00. The Balaban J connectivity index is 1.27. The van der Waals surface area contributed by atoms with Gasteiger partial charge in [0.2, 0.25) is 0 Å². The number of benzene rings is 4. The second-order valence-corrected chi connectivity index (χ2v) is 9.45. The van der Waals surface area contributed by atoms with E-state index in [-0.39, 0.29) is 17.9 Å². The van der Waals surface area contributed by atoms with Crippen molar-refractivity contribution >= 4 is 22.8 Å². The third-order valence-electron chi connectivity index (χ3n) is 7.00. The summed E-state index contributed by atoms with van der Waals surface area (Å²) in [5.41, 5.74) is 3.74. The van der Waals surface area contributed by atoms with Gasteiger partial charge in [-0.3, -0.25) is 4.79 Å². The number of nitrogens with one attached hydrogen (secondary N) is 1. The van der Waals surface area contributed by atoms with Crippen LogP contribution < -0.4 is 5.32 Å². The van der Waals surface area contributed by atoms with Crippen LogP contribution in [0.5, 0.6) is 0 Å². The molecule has 1 heterocycles. The number of carbonyl (C=O) groups is 2. The summed E-state index contributed by atoms with van der Waals surface area (Å²) in [6.45, 7) is 1.64. The van der Waals surface area contributed by atoms with E-state index in [1.54, 1.807) is 0 Å². The minimum absolute atomic E-state index is 0.0393. The van der Waals surface area contributed by atoms with Crippen molar-refractivity contribution in [1.82, 2.24) is 10.2 Å². The molecule has 0 spiro atoms. The number of fused-ring (bicyclic) bond motifs is 1. The van der Waals surface area contributed by atoms with Crippen molar-refractivity contribution in [2.45, 2.75) is 31.6 Å². The zero-order valence-corrected chi connectivity index (χ0v) is 20.5. The fourth-order valence-electron chi connectivity index (χ4n) is 4.93. The summed E-state index contributed by atoms with van der Waals surface area (Å²) in [4.78, 5) is 25.7. The molecule has 0 radical (unpaired) electrons. The van der Waals surface area contributed by atoms with Crippen LogP contribution in [0.25, 0.3) is 10.8 Å². The van der Waals surface area contributed by atoms with Crippen LogP contribution in [-0.4, -0.2) is 41.2 Å². The lowest BCUT2D eigenvalue weighted by atomic mass is 9.86. The van der Waals surface area contributed by atoms with E-state index in [9.17, 15) is 14.7 Å². The highest BCUT2D eigenvalue weighted by molar-refractivity contribution is 5.94. The van der Waals surface area contributed by atoms with Gasteiger partial charge < -0.3 is 20.1 Å². The molecule has 4 aromatic rings. The number of carboxylic acid groups (broad SMARTS) is 1. The number of hydrogen-bond donors (Lipinski definition) is 2. The molecular weight excluding hydrogens is 464 g/mol. The van der Waals surface area contributed by atoms with Crippen LogP contribution in [0.4, 0.5) is 4.79 Å². The van der Waals surface area contributed by atoms with Crippen LogP contribution in [0.1, 0.15) is 39.4 Å². The standard InChI is InChI=1S/C31H30N2O4/c34-30(32-19-22-6-2-1-3-7-22)26-14-12-25(13-15-26)28-16-17-33(31(35)36)20-29(28)37-21-23-10-11-24-8-4-5-9-27(24)18-23/h1-15,18,28-29H,16-17,19-21H2,(H,32,34)(H,35,36). The number of nitrogens with zero attached hydrogens (tertiary/aromatic N) is 1. The molecule has 2 atom stereocenters. The van der Waals surface area contributed by atoms with Crippen LogP contribution in [0, 0.1) is 0 Å². The topological polar surface area (TPSA) is 78.9 Å². The number of amides is 2. The molecule has 2 unspecified atom stereocenters. The molecule has 6 heteroatoms. The molecule has 2 N–H and O–H groups in total. The number of piperidine rings is 1. The van der Waals surface area contributed by atoms with Crippen LogP contribution in [0.3, 0.4) is 0 Å². The summed E-state index contributed by atoms with van der Waals surface area (Å²) < 4.78 is 6.35. The van der Waals surface area contributed by atoms with Gasteiger partial charge in [-0.05, 0) is 52.1 Å². The monoisotopic (exact) mass is 494 g/mol. The van der Waals surface area contributed by atoms with Crippen LogP contribution in [0.15, 0.2) is 97.1 Å². The molecule has 1 saturated heterocycles. The highest BCUT2D eigenvalue weighted by Gasteiger charge is 2.33. The number of ether oxygens (including phenoxy) is 1. The predicted molar refractivity (Wildman–Crippen MR) is 144 cm³/mol. The third kappa shape index (κ3) is 5.98. The second kappa shape index (κ2) is 11.3. The van der Waals surface area contributed by atoms with Gasteiger partial charge in [-0.25, -0.2) is 4.79 Å². The average Bonchev–Trinajstić information content (AvgIpc) is 2.95. The summed E-state index contributed by atoms with van der Waals surface area (Å²) in [6, 6.07) is 31.8. The van der Waals surface area contributed by atoms with E-state index < -0.39 is 6.09 Å². The first-order valence-corrected chi connectivity index (χ1v) is 12.6. The van der Waals surface area contributed by atoms with Gasteiger partial charge in [-0.2, -0.15) is 0 Å². The lowest BCUT2D eigenvalue weighted by molar-refractivity contribution is -0.0199. The highest BCUT2D eigenvalue weighted by Crippen LogP contribution is 2.31. The number of hydrogen-bond acceptors (Lipinski definition) is 3. The minimum Gasteiger partial charge on any atom is -0.465 e. The molecule has 4 aromatic carbocycles. The summed E-state index contributed by atoms with van der Waals surface area (Å²) in [5.74, 6) is -0.0855. The van der Waals surface area contributed by atoms with Gasteiger partial charge in [0.1, 0.15) is 0 Å². The summed E-state index contributed by atoms with van der Waals surface area (Å²) >= 11 is 0. The molecule has 1 aliphatic heterocycles. The fourth-order valence-corrected chi connectivity index (χ4v) is 4.93. The second-order valence-electron chi connectivity index (χ2n) is 9.45. The maximum Gasteiger partial charge on any atom is 0.407 e. The molecule has 2 amide bonds. The Morgan fingerprint density at radius 1 is 0.865 bits per heavy atom. The lowest BCUT2D eigenvalue weighted by Crippen LogP contribution is -2.46. The SMILES string of the molecule is O=C(NCc1ccccc1)c1ccc(C2CCN(C(=O)O)CC2OCc2ccc3ccccc3c2)cc1. The van der Waals surface area contributed by atoms with E-state index in [1.807, 2.05) is 66.7 Å². The minimum atomic E-state index is -0.928. The molecule has 5 rings (SSSR count). The van der Waals surface area contributed by atoms with Crippen molar-refractivity contribution in [1.29, 1.82) is 0 Å². The molecule has 6 nitrogen and oxygen atoms in total. The Labute approximate surface area is 216 Å². The van der Waals surface area contributed by atoms with E-state index in [1.165, 1.54) is 10.3 Å². The zero-order chi connectivity index (χ0) is 25.6. The normalized spacial score (nSPS) is 17.5. The van der Waals surface area contributed by atoms with Gasteiger partial charge in [0.05, 0.1) is 19.3 Å². The molecule has 1 aliphatic rings. The smallest absolute Gasteiger partial charge is 0.407 e. The van der Waals surface area contributed by atoms with Gasteiger partial charge in [-0.15, -0.1) is 0 Å². The van der Waals surface area contributed by atoms with E-state index in [4.69, 9.17) is 4.74 Å². The molecule has 0 aromatic heterocycles. The number of likely N-dealkylation sites (tertiary alicyclic amines) is 1. The molecule has 37 heavy (non-hydrogen) atoms. The van der Waals surface area contributed by atoms with Gasteiger partial charge >= 0.3 is 6.09 Å². The van der Waals surface area contributed by atoms with Crippen molar-refractivity contribution in [3.8, 4) is 0 Å². The summed E-state index contributed by atoms with van der Waals surface area (Å²) in [5, 5.41) is 14.9. The van der Waals surface area contributed by atoms with Crippen molar-refractivity contribution in [2.75, 3.05) is 13.1 Å². The molecule has 188 valence electrons. The van der Waals surface area contributed by atoms with Crippen molar-refractivity contribution in [2.24, 2.45) is 0 Å². The first-order valence-electron chi connectivity index (χ1n) is 12.6. The number of carbonyl (C=O) groups excluding carboxylic acids is 1. The summed E-state index contributed by atoms with van der Waals surface area (Å²) in [6.07, 6.45) is -0.550. The molecule has 0 bridgehead atoms. The van der Waals surface area contributed by atoms with Crippen molar-refractivity contribution in [3.05, 3.63) is 119 Å². The van der Waals surface area contributed by atoms with Crippen LogP contribution in [0.2, 0.25) is 0 Å². The zero-order valence-electron chi connectivity index (χ0n) is 20.5. The lowest BCUT2D eigenvalue weighted by Gasteiger charge is -2.37. The van der Waals surface area contributed by atoms with Crippen LogP contribution >= 0.6 is 0 Å². The Morgan fingerprint density at radius 3 is 2.35 bits per heavy atom. The first kappa shape index (κ1) is 24.5. The number of rotatable bonds is 7. The molecular formula is C31H30N2O4. The largest absolute Gasteiger partial charge is 0.465 e. The Kier molecular flexibility index (Phi) is 7.47. The predicted octanol–water partition coefficient (Wildman–Crippen LogP) is 5.82. The molecule has 1 fully saturated rings. The fraction of sp³-hybridized carbons (Fsp3) is 0.226. The van der Waals surface area contributed by atoms with E-state index in [2.05, 4.69) is 35.6 Å². The van der Waals surface area contributed by atoms with Gasteiger partial charge in [-0.1, -0.05) is 78.9 Å². The quantitative estimate of drug-likeness (QED) is 0.339. The summed E-state index contributed by atoms with van der Waals surface area (Å²) in [7, 11) is 0. The Morgan fingerprint density at radius 2 is 1.59 bits per heavy atom. The van der Waals surface area contributed by atoms with E-state index in [0.717, 1.165) is 22.1 Å². The van der Waals surface area contributed by atoms with Gasteiger partial charge in [0.15, 0.2) is 0 Å². The Bertz CT molecular complexity index is 1370. The van der Waals surface area contributed by atoms with Crippen LogP contribution in [-0.2, 0) is 17.9 Å². The van der Waals surface area contributed by atoms with Crippen molar-refractivity contribution < 1.29 is 19.4 Å². The Hall–Kier alpha value is -4.16. The van der Waals surface area contributed by atoms with Gasteiger partial charge in [0, 0.05) is 24.6 Å². The van der Waals surface area contributed by atoms with Gasteiger partial charge in [0.25, 0.3) is 5.91 Å². The molecule has 0 aliphatic carbocycles. The maximum absolute atomic E-state index is 12.6. The average molecular weight is 495 g/mol. The maximum atomic E-state index is 12.6. The van der Waals surface area contributed by atoms with E-state index >= 15 is 0 Å². The van der Waals surface area contributed by atoms with E-state index in [0.29, 0.717) is 38.2 Å². The van der Waals surface area contributed by atoms with Crippen molar-refractivity contribution in [3.63, 3.8) is 0 Å². The first-order chi connectivity index (χ1) is 18.1. The highest BCUT2D eigenvalue weighted by atomic mass is 16.5.